The number of carboxylic acids is 1. The number of ether oxygens (including phenoxy) is 1. The average Bonchev–Trinajstić information content (AvgIpc) is 2.35. The first-order valence-electron chi connectivity index (χ1n) is 7.53. The highest BCUT2D eigenvalue weighted by molar-refractivity contribution is 5.89. The van der Waals surface area contributed by atoms with E-state index in [1.165, 1.54) is 0 Å². The molecule has 0 aliphatic carbocycles. The molecule has 1 aromatic rings. The summed E-state index contributed by atoms with van der Waals surface area (Å²) < 4.78 is 5.13. The third kappa shape index (κ3) is 7.15. The van der Waals surface area contributed by atoms with E-state index in [0.29, 0.717) is 18.5 Å². The number of carbonyl (C=O) groups excluding carboxylic acids is 1. The largest absolute Gasteiger partial charge is 0.478 e. The van der Waals surface area contributed by atoms with E-state index < -0.39 is 17.7 Å². The van der Waals surface area contributed by atoms with Crippen LogP contribution >= 0.6 is 0 Å². The smallest absolute Gasteiger partial charge is 0.422 e. The topological polar surface area (TPSA) is 87.7 Å². The van der Waals surface area contributed by atoms with Crippen LogP contribution in [0.3, 0.4) is 0 Å². The Morgan fingerprint density at radius 1 is 1.13 bits per heavy atom. The maximum Gasteiger partial charge on any atom is 0.422 e. The van der Waals surface area contributed by atoms with Crippen LogP contribution in [-0.4, -0.2) is 29.3 Å². The van der Waals surface area contributed by atoms with Gasteiger partial charge in [-0.15, -0.1) is 0 Å². The molecule has 0 unspecified atom stereocenters. The molecule has 0 saturated heterocycles. The number of benzene rings is 1. The van der Waals surface area contributed by atoms with Crippen LogP contribution in [0.5, 0.6) is 0 Å². The van der Waals surface area contributed by atoms with Gasteiger partial charge in [0.15, 0.2) is 0 Å². The van der Waals surface area contributed by atoms with Crippen molar-refractivity contribution in [3.05, 3.63) is 35.4 Å². The van der Waals surface area contributed by atoms with Gasteiger partial charge in [-0.05, 0) is 44.2 Å². The highest BCUT2D eigenvalue weighted by Crippen LogP contribution is 2.23. The minimum Gasteiger partial charge on any atom is -0.478 e. The molecule has 0 heterocycles. The van der Waals surface area contributed by atoms with Crippen molar-refractivity contribution < 1.29 is 19.4 Å². The number of rotatable bonds is 6. The van der Waals surface area contributed by atoms with Crippen LogP contribution in [0.15, 0.2) is 24.3 Å². The lowest BCUT2D eigenvalue weighted by atomic mass is 9.84. The molecule has 1 rings (SSSR count). The molecular formula is C17H26N2O4. The van der Waals surface area contributed by atoms with Gasteiger partial charge in [-0.3, -0.25) is 5.43 Å². The molecule has 0 radical (unpaired) electrons. The number of hydrazine groups is 1. The maximum absolute atomic E-state index is 11.6. The summed E-state index contributed by atoms with van der Waals surface area (Å²) in [6, 6.07) is 6.94. The van der Waals surface area contributed by atoms with E-state index in [0.717, 1.165) is 5.56 Å². The zero-order chi connectivity index (χ0) is 17.7. The Morgan fingerprint density at radius 3 is 2.30 bits per heavy atom. The van der Waals surface area contributed by atoms with Gasteiger partial charge in [-0.1, -0.05) is 32.0 Å². The van der Waals surface area contributed by atoms with Crippen molar-refractivity contribution in [2.75, 3.05) is 6.54 Å². The van der Waals surface area contributed by atoms with Crippen LogP contribution in [0.2, 0.25) is 0 Å². The van der Waals surface area contributed by atoms with Crippen molar-refractivity contribution >= 4 is 12.1 Å². The molecule has 0 saturated carbocycles. The van der Waals surface area contributed by atoms with E-state index in [2.05, 4.69) is 10.9 Å². The Labute approximate surface area is 137 Å². The van der Waals surface area contributed by atoms with Crippen molar-refractivity contribution in [3.63, 3.8) is 0 Å². The predicted molar refractivity (Wildman–Crippen MR) is 88.3 cm³/mol. The number of hydrogen-bond donors (Lipinski definition) is 3. The Bertz CT molecular complexity index is 562. The van der Waals surface area contributed by atoms with Crippen molar-refractivity contribution in [2.45, 2.75) is 46.6 Å². The van der Waals surface area contributed by atoms with Gasteiger partial charge in [-0.25, -0.2) is 15.0 Å². The summed E-state index contributed by atoms with van der Waals surface area (Å²) in [6.45, 7) is 9.84. The molecule has 0 aromatic heterocycles. The van der Waals surface area contributed by atoms with E-state index >= 15 is 0 Å². The lowest BCUT2D eigenvalue weighted by Gasteiger charge is -2.26. The Balaban J connectivity index is 2.57. The summed E-state index contributed by atoms with van der Waals surface area (Å²) in [6.07, 6.45) is 0.0256. The molecular weight excluding hydrogens is 296 g/mol. The molecule has 0 atom stereocenters. The quantitative estimate of drug-likeness (QED) is 0.701. The third-order valence-electron chi connectivity index (χ3n) is 3.07. The number of nitrogens with one attached hydrogen (secondary N) is 2. The third-order valence-corrected chi connectivity index (χ3v) is 3.07. The number of amides is 1. The monoisotopic (exact) mass is 322 g/mol. The first-order valence-corrected chi connectivity index (χ1v) is 7.53. The number of hydrogen-bond acceptors (Lipinski definition) is 4. The second-order valence-corrected chi connectivity index (χ2v) is 7.28. The second-order valence-electron chi connectivity index (χ2n) is 7.28. The maximum atomic E-state index is 11.6. The fraction of sp³-hybridized carbons (Fsp3) is 0.529. The fourth-order valence-corrected chi connectivity index (χ4v) is 2.12. The number of carboxylic acid groups (broad SMARTS) is 1. The van der Waals surface area contributed by atoms with Gasteiger partial charge in [-0.2, -0.15) is 0 Å². The molecule has 0 fully saturated rings. The summed E-state index contributed by atoms with van der Waals surface area (Å²) >= 11 is 0. The van der Waals surface area contributed by atoms with Gasteiger partial charge < -0.3 is 9.84 Å². The SMILES string of the molecule is CC(C)(CNNC(=O)OC(C)(C)C)Cc1ccccc1C(=O)O. The zero-order valence-corrected chi connectivity index (χ0v) is 14.4. The van der Waals surface area contributed by atoms with Crippen molar-refractivity contribution in [1.82, 2.24) is 10.9 Å². The Hall–Kier alpha value is -2.08. The molecule has 0 spiro atoms. The molecule has 6 heteroatoms. The summed E-state index contributed by atoms with van der Waals surface area (Å²) in [5, 5.41) is 9.23. The van der Waals surface area contributed by atoms with Gasteiger partial charge in [0.05, 0.1) is 5.56 Å². The standard InChI is InChI=1S/C17H26N2O4/c1-16(2,3)23-15(22)19-18-11-17(4,5)10-12-8-6-7-9-13(12)14(20)21/h6-9,18H,10-11H2,1-5H3,(H,19,22)(H,20,21). The van der Waals surface area contributed by atoms with E-state index in [1.54, 1.807) is 32.9 Å². The zero-order valence-electron chi connectivity index (χ0n) is 14.4. The Kier molecular flexibility index (Phi) is 6.15. The van der Waals surface area contributed by atoms with Crippen LogP contribution < -0.4 is 10.9 Å². The molecule has 6 nitrogen and oxygen atoms in total. The number of carbonyl (C=O) groups is 2. The summed E-state index contributed by atoms with van der Waals surface area (Å²) in [4.78, 5) is 22.8. The van der Waals surface area contributed by atoms with E-state index in [-0.39, 0.29) is 5.41 Å². The van der Waals surface area contributed by atoms with Gasteiger partial charge in [0, 0.05) is 6.54 Å². The fourth-order valence-electron chi connectivity index (χ4n) is 2.12. The second kappa shape index (κ2) is 7.46. The van der Waals surface area contributed by atoms with Gasteiger partial charge in [0.25, 0.3) is 0 Å². The van der Waals surface area contributed by atoms with Crippen LogP contribution in [-0.2, 0) is 11.2 Å². The molecule has 0 aliphatic rings. The van der Waals surface area contributed by atoms with Crippen LogP contribution in [0.1, 0.15) is 50.5 Å². The van der Waals surface area contributed by atoms with E-state index in [4.69, 9.17) is 4.74 Å². The minimum absolute atomic E-state index is 0.249. The van der Waals surface area contributed by atoms with Crippen LogP contribution in [0, 0.1) is 5.41 Å². The molecule has 3 N–H and O–H groups in total. The molecule has 128 valence electrons. The van der Waals surface area contributed by atoms with Crippen LogP contribution in [0.4, 0.5) is 4.79 Å². The number of aromatic carboxylic acids is 1. The van der Waals surface area contributed by atoms with Crippen LogP contribution in [0.25, 0.3) is 0 Å². The first kappa shape index (κ1) is 19.0. The molecule has 0 aliphatic heterocycles. The first-order chi connectivity index (χ1) is 10.5. The Morgan fingerprint density at radius 2 is 1.74 bits per heavy atom. The van der Waals surface area contributed by atoms with Gasteiger partial charge in [0.1, 0.15) is 5.60 Å². The van der Waals surface area contributed by atoms with Crippen molar-refractivity contribution in [2.24, 2.45) is 5.41 Å². The van der Waals surface area contributed by atoms with E-state index in [1.807, 2.05) is 26.0 Å². The van der Waals surface area contributed by atoms with E-state index in [9.17, 15) is 14.7 Å². The lowest BCUT2D eigenvalue weighted by Crippen LogP contribution is -2.45. The predicted octanol–water partition coefficient (Wildman–Crippen LogP) is 2.98. The highest BCUT2D eigenvalue weighted by atomic mass is 16.6. The molecule has 0 bridgehead atoms. The molecule has 1 aromatic carbocycles. The van der Waals surface area contributed by atoms with Gasteiger partial charge in [0.2, 0.25) is 0 Å². The van der Waals surface area contributed by atoms with Crippen molar-refractivity contribution in [3.8, 4) is 0 Å². The lowest BCUT2D eigenvalue weighted by molar-refractivity contribution is 0.0490. The summed E-state index contributed by atoms with van der Waals surface area (Å²) in [5.41, 5.74) is 5.61. The van der Waals surface area contributed by atoms with Gasteiger partial charge >= 0.3 is 12.1 Å². The normalized spacial score (nSPS) is 11.9. The summed E-state index contributed by atoms with van der Waals surface area (Å²) in [5.74, 6) is -0.934. The minimum atomic E-state index is -0.934. The molecule has 23 heavy (non-hydrogen) atoms. The average molecular weight is 322 g/mol. The summed E-state index contributed by atoms with van der Waals surface area (Å²) in [7, 11) is 0. The van der Waals surface area contributed by atoms with Crippen molar-refractivity contribution in [1.29, 1.82) is 0 Å². The highest BCUT2D eigenvalue weighted by Gasteiger charge is 2.22. The molecule has 1 amide bonds.